The van der Waals surface area contributed by atoms with Crippen LogP contribution in [-0.2, 0) is 0 Å². The average molecular weight is 441 g/mol. The van der Waals surface area contributed by atoms with Crippen molar-refractivity contribution in [2.45, 2.75) is 10.4 Å². The Bertz CT molecular complexity index is 921. The van der Waals surface area contributed by atoms with Gasteiger partial charge >= 0.3 is 0 Å². The zero-order valence-electron chi connectivity index (χ0n) is 15.7. The van der Waals surface area contributed by atoms with Crippen LogP contribution >= 0.6 is 35.3 Å². The SMILES string of the molecule is c1ccc(-c2coc(SCCSCCSc3nc(-c4ccccc4)co3)n2)cc1. The first kappa shape index (κ1) is 20.2. The summed E-state index contributed by atoms with van der Waals surface area (Å²) in [6, 6.07) is 20.2. The van der Waals surface area contributed by atoms with E-state index < -0.39 is 0 Å². The maximum Gasteiger partial charge on any atom is 0.256 e. The Morgan fingerprint density at radius 2 is 1.03 bits per heavy atom. The van der Waals surface area contributed by atoms with Gasteiger partial charge in [-0.1, -0.05) is 84.2 Å². The molecule has 29 heavy (non-hydrogen) atoms. The molecule has 0 amide bonds. The van der Waals surface area contributed by atoms with Crippen LogP contribution in [0.15, 0.2) is 92.5 Å². The number of oxazole rings is 2. The third-order valence-corrected chi connectivity index (χ3v) is 7.20. The summed E-state index contributed by atoms with van der Waals surface area (Å²) in [5.41, 5.74) is 3.93. The second-order valence-corrected chi connectivity index (χ2v) is 9.36. The number of hydrogen-bond donors (Lipinski definition) is 0. The summed E-state index contributed by atoms with van der Waals surface area (Å²) in [7, 11) is 0. The first-order valence-corrected chi connectivity index (χ1v) is 12.4. The van der Waals surface area contributed by atoms with E-state index in [0.717, 1.165) is 56.0 Å². The molecule has 0 unspecified atom stereocenters. The second kappa shape index (κ2) is 10.6. The average Bonchev–Trinajstić information content (AvgIpc) is 3.44. The van der Waals surface area contributed by atoms with E-state index in [9.17, 15) is 0 Å². The lowest BCUT2D eigenvalue weighted by atomic mass is 10.2. The van der Waals surface area contributed by atoms with Crippen molar-refractivity contribution in [3.63, 3.8) is 0 Å². The maximum absolute atomic E-state index is 5.56. The number of benzene rings is 2. The Labute approximate surface area is 182 Å². The van der Waals surface area contributed by atoms with E-state index in [1.54, 1.807) is 36.1 Å². The summed E-state index contributed by atoms with van der Waals surface area (Å²) in [5, 5.41) is 1.46. The van der Waals surface area contributed by atoms with Gasteiger partial charge in [0.25, 0.3) is 10.4 Å². The summed E-state index contributed by atoms with van der Waals surface area (Å²) in [6.07, 6.45) is 3.45. The minimum absolute atomic E-state index is 0.729. The highest BCUT2D eigenvalue weighted by atomic mass is 32.2. The molecule has 2 heterocycles. The molecule has 0 fully saturated rings. The van der Waals surface area contributed by atoms with E-state index in [4.69, 9.17) is 8.83 Å². The van der Waals surface area contributed by atoms with Crippen LogP contribution in [0.2, 0.25) is 0 Å². The molecule has 0 N–H and O–H groups in total. The van der Waals surface area contributed by atoms with E-state index in [1.165, 1.54) is 0 Å². The van der Waals surface area contributed by atoms with E-state index >= 15 is 0 Å². The molecule has 4 nitrogen and oxygen atoms in total. The van der Waals surface area contributed by atoms with Crippen molar-refractivity contribution in [3.05, 3.63) is 73.2 Å². The number of thioether (sulfide) groups is 3. The summed E-state index contributed by atoms with van der Waals surface area (Å²) < 4.78 is 11.1. The van der Waals surface area contributed by atoms with Crippen molar-refractivity contribution in [2.24, 2.45) is 0 Å². The Hall–Kier alpha value is -2.09. The van der Waals surface area contributed by atoms with Crippen LogP contribution in [0, 0.1) is 0 Å². The fourth-order valence-corrected chi connectivity index (χ4v) is 5.33. The van der Waals surface area contributed by atoms with Crippen molar-refractivity contribution in [1.82, 2.24) is 9.97 Å². The van der Waals surface area contributed by atoms with Crippen LogP contribution in [-0.4, -0.2) is 33.0 Å². The third kappa shape index (κ3) is 5.95. The van der Waals surface area contributed by atoms with E-state index in [0.29, 0.717) is 0 Å². The third-order valence-electron chi connectivity index (χ3n) is 4.01. The van der Waals surface area contributed by atoms with Gasteiger partial charge in [0.1, 0.15) is 23.9 Å². The summed E-state index contributed by atoms with van der Waals surface area (Å²) in [5.74, 6) is 4.05. The van der Waals surface area contributed by atoms with Crippen LogP contribution in [0.25, 0.3) is 22.5 Å². The van der Waals surface area contributed by atoms with Crippen LogP contribution < -0.4 is 0 Å². The number of hydrogen-bond acceptors (Lipinski definition) is 7. The highest BCUT2D eigenvalue weighted by Crippen LogP contribution is 2.26. The lowest BCUT2D eigenvalue weighted by Gasteiger charge is -1.99. The van der Waals surface area contributed by atoms with Gasteiger partial charge in [-0.15, -0.1) is 0 Å². The quantitative estimate of drug-likeness (QED) is 0.203. The lowest BCUT2D eigenvalue weighted by Crippen LogP contribution is -1.90. The van der Waals surface area contributed by atoms with Gasteiger partial charge in [-0.3, -0.25) is 0 Å². The fourth-order valence-electron chi connectivity index (χ4n) is 2.61. The van der Waals surface area contributed by atoms with Gasteiger partial charge < -0.3 is 8.83 Å². The minimum Gasteiger partial charge on any atom is -0.439 e. The van der Waals surface area contributed by atoms with Crippen LogP contribution in [0.4, 0.5) is 0 Å². The molecule has 0 bridgehead atoms. The summed E-state index contributed by atoms with van der Waals surface area (Å²) in [4.78, 5) is 9.09. The maximum atomic E-state index is 5.56. The molecule has 0 aliphatic heterocycles. The molecule has 4 rings (SSSR count). The van der Waals surface area contributed by atoms with Gasteiger partial charge in [0.05, 0.1) is 0 Å². The molecule has 0 saturated heterocycles. The van der Waals surface area contributed by atoms with Gasteiger partial charge in [-0.05, 0) is 0 Å². The Morgan fingerprint density at radius 1 is 0.586 bits per heavy atom. The molecule has 0 aliphatic rings. The Balaban J connectivity index is 1.12. The predicted octanol–water partition coefficient (Wildman–Crippen LogP) is 6.61. The molecule has 2 aromatic heterocycles. The van der Waals surface area contributed by atoms with E-state index in [2.05, 4.69) is 9.97 Å². The molecular formula is C22H20N2O2S3. The van der Waals surface area contributed by atoms with Gasteiger partial charge in [0.2, 0.25) is 0 Å². The molecular weight excluding hydrogens is 420 g/mol. The molecule has 0 spiro atoms. The smallest absolute Gasteiger partial charge is 0.256 e. The molecule has 2 aromatic carbocycles. The van der Waals surface area contributed by atoms with Gasteiger partial charge in [0.15, 0.2) is 0 Å². The monoisotopic (exact) mass is 440 g/mol. The molecule has 0 saturated carbocycles. The Kier molecular flexibility index (Phi) is 7.39. The second-order valence-electron chi connectivity index (χ2n) is 6.04. The van der Waals surface area contributed by atoms with Crippen molar-refractivity contribution >= 4 is 35.3 Å². The summed E-state index contributed by atoms with van der Waals surface area (Å²) in [6.45, 7) is 0. The molecule has 0 atom stereocenters. The first-order valence-electron chi connectivity index (χ1n) is 9.24. The summed E-state index contributed by atoms with van der Waals surface area (Å²) >= 11 is 5.23. The molecule has 0 aliphatic carbocycles. The van der Waals surface area contributed by atoms with E-state index in [-0.39, 0.29) is 0 Å². The van der Waals surface area contributed by atoms with E-state index in [1.807, 2.05) is 72.4 Å². The molecule has 7 heteroatoms. The largest absolute Gasteiger partial charge is 0.439 e. The lowest BCUT2D eigenvalue weighted by molar-refractivity contribution is 0.454. The fraction of sp³-hybridized carbons (Fsp3) is 0.182. The minimum atomic E-state index is 0.729. The van der Waals surface area contributed by atoms with Crippen molar-refractivity contribution in [3.8, 4) is 22.5 Å². The molecule has 4 aromatic rings. The highest BCUT2D eigenvalue weighted by Gasteiger charge is 2.08. The van der Waals surface area contributed by atoms with Crippen molar-refractivity contribution < 1.29 is 8.83 Å². The van der Waals surface area contributed by atoms with Gasteiger partial charge in [-0.2, -0.15) is 11.8 Å². The zero-order chi connectivity index (χ0) is 19.7. The normalized spacial score (nSPS) is 11.0. The van der Waals surface area contributed by atoms with Crippen molar-refractivity contribution in [2.75, 3.05) is 23.0 Å². The first-order chi connectivity index (χ1) is 14.4. The predicted molar refractivity (Wildman–Crippen MR) is 123 cm³/mol. The van der Waals surface area contributed by atoms with Gasteiger partial charge in [-0.25, -0.2) is 9.97 Å². The van der Waals surface area contributed by atoms with Crippen molar-refractivity contribution in [1.29, 1.82) is 0 Å². The van der Waals surface area contributed by atoms with Gasteiger partial charge in [0, 0.05) is 34.1 Å². The van der Waals surface area contributed by atoms with Crippen LogP contribution in [0.3, 0.4) is 0 Å². The number of rotatable bonds is 10. The molecule has 148 valence electrons. The standard InChI is InChI=1S/C22H20N2O2S3/c1-3-7-17(8-4-1)19-15-25-21(23-19)28-13-11-27-12-14-29-22-24-20(16-26-22)18-9-5-2-6-10-18/h1-10,15-16H,11-14H2. The highest BCUT2D eigenvalue weighted by molar-refractivity contribution is 8.04. The number of nitrogens with zero attached hydrogens (tertiary/aromatic N) is 2. The molecule has 0 radical (unpaired) electrons. The zero-order valence-corrected chi connectivity index (χ0v) is 18.1. The Morgan fingerprint density at radius 3 is 1.48 bits per heavy atom. The number of aromatic nitrogens is 2. The van der Waals surface area contributed by atoms with Crippen LogP contribution in [0.5, 0.6) is 0 Å². The topological polar surface area (TPSA) is 52.1 Å². The van der Waals surface area contributed by atoms with Crippen LogP contribution in [0.1, 0.15) is 0 Å².